The molecular weight excluding hydrogens is 182 g/mol. The molecule has 0 saturated carbocycles. The van der Waals surface area contributed by atoms with Crippen LogP contribution in [0.1, 0.15) is 12.8 Å². The Morgan fingerprint density at radius 3 is 2.40 bits per heavy atom. The van der Waals surface area contributed by atoms with Gasteiger partial charge in [-0.05, 0) is 24.3 Å². The van der Waals surface area contributed by atoms with Crippen molar-refractivity contribution < 1.29 is 0 Å². The molecule has 0 radical (unpaired) electrons. The second kappa shape index (κ2) is 3.58. The van der Waals surface area contributed by atoms with Gasteiger partial charge in [0, 0.05) is 24.2 Å². The highest BCUT2D eigenvalue weighted by Gasteiger charge is 2.13. The highest BCUT2D eigenvalue weighted by molar-refractivity contribution is 5.94. The Balaban J connectivity index is 2.16. The number of nitrogens with zero attached hydrogens (tertiary/aromatic N) is 1. The van der Waals surface area contributed by atoms with Crippen molar-refractivity contribution in [3.8, 4) is 0 Å². The highest BCUT2D eigenvalue weighted by Crippen LogP contribution is 2.28. The van der Waals surface area contributed by atoms with Crippen LogP contribution in [0.4, 0.5) is 5.69 Å². The van der Waals surface area contributed by atoms with Crippen molar-refractivity contribution in [2.45, 2.75) is 12.8 Å². The van der Waals surface area contributed by atoms with Crippen molar-refractivity contribution in [2.75, 3.05) is 18.0 Å². The Morgan fingerprint density at radius 1 is 0.800 bits per heavy atom. The molecule has 0 spiro atoms. The Bertz CT molecular complexity index is 464. The highest BCUT2D eigenvalue weighted by atomic mass is 15.1. The summed E-state index contributed by atoms with van der Waals surface area (Å²) in [6.45, 7) is 2.43. The first kappa shape index (κ1) is 8.78. The SMILES string of the molecule is c1ccc2c(N3CCCC3)cccc2c1. The van der Waals surface area contributed by atoms with Gasteiger partial charge >= 0.3 is 0 Å². The van der Waals surface area contributed by atoms with Crippen molar-refractivity contribution in [1.82, 2.24) is 0 Å². The minimum Gasteiger partial charge on any atom is -0.371 e. The minimum atomic E-state index is 1.22. The summed E-state index contributed by atoms with van der Waals surface area (Å²) in [5.74, 6) is 0. The molecule has 2 aromatic rings. The first-order chi connectivity index (χ1) is 7.45. The quantitative estimate of drug-likeness (QED) is 0.677. The van der Waals surface area contributed by atoms with Crippen LogP contribution in [0.5, 0.6) is 0 Å². The summed E-state index contributed by atoms with van der Waals surface area (Å²) in [7, 11) is 0. The van der Waals surface area contributed by atoms with Crippen LogP contribution in [0.25, 0.3) is 10.8 Å². The maximum absolute atomic E-state index is 2.50. The molecular formula is C14H15N. The third-order valence-corrected chi connectivity index (χ3v) is 3.21. The summed E-state index contributed by atoms with van der Waals surface area (Å²) in [4.78, 5) is 2.50. The van der Waals surface area contributed by atoms with Crippen molar-refractivity contribution in [1.29, 1.82) is 0 Å². The predicted molar refractivity (Wildman–Crippen MR) is 65.4 cm³/mol. The number of hydrogen-bond acceptors (Lipinski definition) is 1. The molecule has 1 aliphatic rings. The zero-order valence-corrected chi connectivity index (χ0v) is 8.82. The summed E-state index contributed by atoms with van der Waals surface area (Å²) >= 11 is 0. The second-order valence-corrected chi connectivity index (χ2v) is 4.19. The van der Waals surface area contributed by atoms with E-state index in [1.54, 1.807) is 0 Å². The molecule has 0 bridgehead atoms. The predicted octanol–water partition coefficient (Wildman–Crippen LogP) is 3.44. The van der Waals surface area contributed by atoms with Crippen molar-refractivity contribution in [3.05, 3.63) is 42.5 Å². The average Bonchev–Trinajstić information content (AvgIpc) is 2.82. The minimum absolute atomic E-state index is 1.22. The van der Waals surface area contributed by atoms with Crippen LogP contribution < -0.4 is 4.90 Å². The molecule has 1 fully saturated rings. The molecule has 1 nitrogen and oxygen atoms in total. The van der Waals surface area contributed by atoms with Crippen LogP contribution in [0.15, 0.2) is 42.5 Å². The van der Waals surface area contributed by atoms with E-state index in [1.807, 2.05) is 0 Å². The van der Waals surface area contributed by atoms with Crippen molar-refractivity contribution in [2.24, 2.45) is 0 Å². The summed E-state index contributed by atoms with van der Waals surface area (Å²) < 4.78 is 0. The molecule has 0 amide bonds. The van der Waals surface area contributed by atoms with E-state index in [1.165, 1.54) is 42.4 Å². The van der Waals surface area contributed by atoms with E-state index in [0.717, 1.165) is 0 Å². The lowest BCUT2D eigenvalue weighted by Gasteiger charge is -2.19. The van der Waals surface area contributed by atoms with Crippen molar-refractivity contribution >= 4 is 16.5 Å². The van der Waals surface area contributed by atoms with Gasteiger partial charge in [-0.1, -0.05) is 36.4 Å². The lowest BCUT2D eigenvalue weighted by atomic mass is 10.1. The van der Waals surface area contributed by atoms with Crippen LogP contribution in [-0.2, 0) is 0 Å². The number of fused-ring (bicyclic) bond motifs is 1. The third kappa shape index (κ3) is 1.48. The number of hydrogen-bond donors (Lipinski definition) is 0. The first-order valence-electron chi connectivity index (χ1n) is 5.68. The second-order valence-electron chi connectivity index (χ2n) is 4.19. The summed E-state index contributed by atoms with van der Waals surface area (Å²) in [6, 6.07) is 15.2. The van der Waals surface area contributed by atoms with Crippen LogP contribution in [0, 0.1) is 0 Å². The van der Waals surface area contributed by atoms with E-state index in [4.69, 9.17) is 0 Å². The van der Waals surface area contributed by atoms with E-state index in [2.05, 4.69) is 47.4 Å². The molecule has 0 unspecified atom stereocenters. The smallest absolute Gasteiger partial charge is 0.0445 e. The molecule has 0 atom stereocenters. The Labute approximate surface area is 90.3 Å². The fourth-order valence-electron chi connectivity index (χ4n) is 2.44. The molecule has 0 aromatic heterocycles. The van der Waals surface area contributed by atoms with E-state index in [-0.39, 0.29) is 0 Å². The summed E-state index contributed by atoms with van der Waals surface area (Å²) in [5, 5.41) is 2.74. The molecule has 0 aliphatic carbocycles. The maximum atomic E-state index is 2.50. The van der Waals surface area contributed by atoms with E-state index in [0.29, 0.717) is 0 Å². The van der Waals surface area contributed by atoms with Crippen LogP contribution in [0.2, 0.25) is 0 Å². The standard InChI is InChI=1S/C14H15N/c1-2-8-13-12(6-1)7-5-9-14(13)15-10-3-4-11-15/h1-2,5-9H,3-4,10-11H2. The third-order valence-electron chi connectivity index (χ3n) is 3.21. The van der Waals surface area contributed by atoms with E-state index in [9.17, 15) is 0 Å². The van der Waals surface area contributed by atoms with Crippen LogP contribution >= 0.6 is 0 Å². The molecule has 2 aromatic carbocycles. The first-order valence-corrected chi connectivity index (χ1v) is 5.68. The Morgan fingerprint density at radius 2 is 1.53 bits per heavy atom. The Kier molecular flexibility index (Phi) is 2.09. The van der Waals surface area contributed by atoms with Gasteiger partial charge in [0.25, 0.3) is 0 Å². The van der Waals surface area contributed by atoms with Gasteiger partial charge in [-0.3, -0.25) is 0 Å². The fourth-order valence-corrected chi connectivity index (χ4v) is 2.44. The normalized spacial score (nSPS) is 16.1. The largest absolute Gasteiger partial charge is 0.371 e. The summed E-state index contributed by atoms with van der Waals surface area (Å²) in [5.41, 5.74) is 1.41. The number of anilines is 1. The van der Waals surface area contributed by atoms with Crippen molar-refractivity contribution in [3.63, 3.8) is 0 Å². The van der Waals surface area contributed by atoms with Gasteiger partial charge in [0.15, 0.2) is 0 Å². The molecule has 0 N–H and O–H groups in total. The van der Waals surface area contributed by atoms with Gasteiger partial charge in [0.1, 0.15) is 0 Å². The van der Waals surface area contributed by atoms with Gasteiger partial charge in [-0.2, -0.15) is 0 Å². The van der Waals surface area contributed by atoms with Gasteiger partial charge in [0.05, 0.1) is 0 Å². The number of rotatable bonds is 1. The Hall–Kier alpha value is -1.50. The van der Waals surface area contributed by atoms with Gasteiger partial charge in [0.2, 0.25) is 0 Å². The molecule has 15 heavy (non-hydrogen) atoms. The maximum Gasteiger partial charge on any atom is 0.0445 e. The topological polar surface area (TPSA) is 3.24 Å². The van der Waals surface area contributed by atoms with Gasteiger partial charge in [-0.15, -0.1) is 0 Å². The lowest BCUT2D eigenvalue weighted by molar-refractivity contribution is 0.949. The molecule has 1 heterocycles. The van der Waals surface area contributed by atoms with E-state index >= 15 is 0 Å². The summed E-state index contributed by atoms with van der Waals surface area (Å²) in [6.07, 6.45) is 2.67. The molecule has 1 saturated heterocycles. The van der Waals surface area contributed by atoms with Gasteiger partial charge < -0.3 is 4.90 Å². The van der Waals surface area contributed by atoms with Crippen LogP contribution in [-0.4, -0.2) is 13.1 Å². The number of benzene rings is 2. The molecule has 76 valence electrons. The van der Waals surface area contributed by atoms with Gasteiger partial charge in [-0.25, -0.2) is 0 Å². The zero-order valence-electron chi connectivity index (χ0n) is 8.82. The molecule has 1 heteroatoms. The molecule has 1 aliphatic heterocycles. The lowest BCUT2D eigenvalue weighted by Crippen LogP contribution is -2.17. The zero-order chi connectivity index (χ0) is 10.1. The molecule has 3 rings (SSSR count). The van der Waals surface area contributed by atoms with E-state index < -0.39 is 0 Å². The fraction of sp³-hybridized carbons (Fsp3) is 0.286. The average molecular weight is 197 g/mol. The van der Waals surface area contributed by atoms with Crippen LogP contribution in [0.3, 0.4) is 0 Å². The monoisotopic (exact) mass is 197 g/mol.